The summed E-state index contributed by atoms with van der Waals surface area (Å²) in [6.45, 7) is 4.57. The number of amides is 1. The van der Waals surface area contributed by atoms with Crippen LogP contribution in [0.25, 0.3) is 6.08 Å². The van der Waals surface area contributed by atoms with Gasteiger partial charge in [0.05, 0.1) is 0 Å². The number of aromatic nitrogens is 3. The van der Waals surface area contributed by atoms with Crippen LogP contribution in [0.5, 0.6) is 0 Å². The first-order chi connectivity index (χ1) is 10.8. The van der Waals surface area contributed by atoms with E-state index in [1.807, 2.05) is 28.5 Å². The minimum absolute atomic E-state index is 0.101. The van der Waals surface area contributed by atoms with Gasteiger partial charge in [-0.1, -0.05) is 6.07 Å². The van der Waals surface area contributed by atoms with Crippen molar-refractivity contribution < 1.29 is 4.79 Å². The Bertz CT molecular complexity index is 639. The lowest BCUT2D eigenvalue weighted by atomic mass is 9.96. The van der Waals surface area contributed by atoms with E-state index in [2.05, 4.69) is 21.7 Å². The smallest absolute Gasteiger partial charge is 0.246 e. The Morgan fingerprint density at radius 1 is 1.45 bits per heavy atom. The maximum Gasteiger partial charge on any atom is 0.246 e. The van der Waals surface area contributed by atoms with Gasteiger partial charge in [-0.3, -0.25) is 4.79 Å². The van der Waals surface area contributed by atoms with Gasteiger partial charge in [0.15, 0.2) is 0 Å². The highest BCUT2D eigenvalue weighted by atomic mass is 32.1. The van der Waals surface area contributed by atoms with Crippen LogP contribution in [0.4, 0.5) is 0 Å². The minimum Gasteiger partial charge on any atom is -0.339 e. The van der Waals surface area contributed by atoms with Crippen LogP contribution in [-0.2, 0) is 11.3 Å². The number of hydrogen-bond acceptors (Lipinski definition) is 4. The predicted octanol–water partition coefficient (Wildman–Crippen LogP) is 2.78. The second-order valence-corrected chi connectivity index (χ2v) is 6.40. The number of hydrogen-bond donors (Lipinski definition) is 0. The third-order valence-electron chi connectivity index (χ3n) is 4.09. The molecule has 22 heavy (non-hydrogen) atoms. The molecule has 0 spiro atoms. The molecule has 1 aliphatic rings. The third kappa shape index (κ3) is 3.27. The molecule has 0 aliphatic carbocycles. The Labute approximate surface area is 134 Å². The summed E-state index contributed by atoms with van der Waals surface area (Å²) in [4.78, 5) is 15.3. The van der Waals surface area contributed by atoms with Gasteiger partial charge in [0, 0.05) is 36.5 Å². The summed E-state index contributed by atoms with van der Waals surface area (Å²) in [6.07, 6.45) is 7.28. The summed E-state index contributed by atoms with van der Waals surface area (Å²) in [5, 5.41) is 10.3. The van der Waals surface area contributed by atoms with E-state index < -0.39 is 0 Å². The lowest BCUT2D eigenvalue weighted by molar-refractivity contribution is -0.127. The molecule has 0 radical (unpaired) electrons. The molecule has 0 N–H and O–H groups in total. The maximum absolute atomic E-state index is 12.2. The van der Waals surface area contributed by atoms with Crippen molar-refractivity contribution in [2.24, 2.45) is 0 Å². The molecular formula is C16H20N4OS. The largest absolute Gasteiger partial charge is 0.339 e. The molecule has 1 aliphatic heterocycles. The summed E-state index contributed by atoms with van der Waals surface area (Å²) in [6, 6.07) is 4.00. The maximum atomic E-state index is 12.2. The van der Waals surface area contributed by atoms with Crippen molar-refractivity contribution in [3.63, 3.8) is 0 Å². The SMILES string of the molecule is CCn1cnnc1C1CCN(C(=O)/C=C\c2cccs2)CC1. The molecule has 6 heteroatoms. The van der Waals surface area contributed by atoms with Gasteiger partial charge in [-0.25, -0.2) is 0 Å². The molecule has 0 unspecified atom stereocenters. The average molecular weight is 316 g/mol. The number of likely N-dealkylation sites (tertiary alicyclic amines) is 1. The van der Waals surface area contributed by atoms with E-state index in [1.165, 1.54) is 0 Å². The minimum atomic E-state index is 0.101. The molecule has 0 aromatic carbocycles. The van der Waals surface area contributed by atoms with Gasteiger partial charge in [-0.05, 0) is 37.3 Å². The zero-order chi connectivity index (χ0) is 15.4. The van der Waals surface area contributed by atoms with Crippen LogP contribution in [0, 0.1) is 0 Å². The predicted molar refractivity (Wildman–Crippen MR) is 87.6 cm³/mol. The van der Waals surface area contributed by atoms with Gasteiger partial charge in [-0.2, -0.15) is 0 Å². The van der Waals surface area contributed by atoms with E-state index in [4.69, 9.17) is 0 Å². The lowest BCUT2D eigenvalue weighted by Crippen LogP contribution is -2.37. The number of carbonyl (C=O) groups is 1. The number of aryl methyl sites for hydroxylation is 1. The van der Waals surface area contributed by atoms with E-state index >= 15 is 0 Å². The molecule has 116 valence electrons. The van der Waals surface area contributed by atoms with Crippen molar-refractivity contribution in [2.75, 3.05) is 13.1 Å². The summed E-state index contributed by atoms with van der Waals surface area (Å²) in [5.74, 6) is 1.57. The molecular weight excluding hydrogens is 296 g/mol. The Balaban J connectivity index is 1.56. The molecule has 0 atom stereocenters. The van der Waals surface area contributed by atoms with Crippen LogP contribution in [0.1, 0.15) is 36.4 Å². The summed E-state index contributed by atoms with van der Waals surface area (Å²) in [5.41, 5.74) is 0. The third-order valence-corrected chi connectivity index (χ3v) is 4.93. The van der Waals surface area contributed by atoms with Crippen LogP contribution < -0.4 is 0 Å². The molecule has 1 saturated heterocycles. The van der Waals surface area contributed by atoms with Crippen molar-refractivity contribution in [1.29, 1.82) is 0 Å². The number of rotatable bonds is 4. The number of piperidine rings is 1. The molecule has 5 nitrogen and oxygen atoms in total. The average Bonchev–Trinajstić information content (AvgIpc) is 3.23. The summed E-state index contributed by atoms with van der Waals surface area (Å²) >= 11 is 1.64. The molecule has 1 amide bonds. The van der Waals surface area contributed by atoms with Crippen molar-refractivity contribution >= 4 is 23.3 Å². The van der Waals surface area contributed by atoms with Crippen molar-refractivity contribution in [3.8, 4) is 0 Å². The summed E-state index contributed by atoms with van der Waals surface area (Å²) < 4.78 is 2.10. The topological polar surface area (TPSA) is 51.0 Å². The Morgan fingerprint density at radius 3 is 2.95 bits per heavy atom. The second kappa shape index (κ2) is 6.87. The van der Waals surface area contributed by atoms with Crippen LogP contribution in [0.2, 0.25) is 0 Å². The number of nitrogens with zero attached hydrogens (tertiary/aromatic N) is 4. The van der Waals surface area contributed by atoms with Crippen molar-refractivity contribution in [1.82, 2.24) is 19.7 Å². The standard InChI is InChI=1S/C16H20N4OS/c1-2-19-12-17-18-16(19)13-7-9-20(10-8-13)15(21)6-5-14-4-3-11-22-14/h3-6,11-13H,2,7-10H2,1H3/b6-5-. The molecule has 3 rings (SSSR count). The lowest BCUT2D eigenvalue weighted by Gasteiger charge is -2.30. The number of thiophene rings is 1. The van der Waals surface area contributed by atoms with Gasteiger partial charge < -0.3 is 9.47 Å². The molecule has 2 aromatic heterocycles. The second-order valence-electron chi connectivity index (χ2n) is 5.42. The van der Waals surface area contributed by atoms with E-state index in [0.29, 0.717) is 5.92 Å². The van der Waals surface area contributed by atoms with E-state index in [0.717, 1.165) is 43.2 Å². The van der Waals surface area contributed by atoms with Crippen LogP contribution in [-0.4, -0.2) is 38.7 Å². The fourth-order valence-electron chi connectivity index (χ4n) is 2.83. The highest BCUT2D eigenvalue weighted by Gasteiger charge is 2.25. The Kier molecular flexibility index (Phi) is 4.68. The quantitative estimate of drug-likeness (QED) is 0.815. The van der Waals surface area contributed by atoms with Crippen molar-refractivity contribution in [3.05, 3.63) is 40.6 Å². The molecule has 3 heterocycles. The van der Waals surface area contributed by atoms with E-state index in [-0.39, 0.29) is 5.91 Å². The first-order valence-corrected chi connectivity index (χ1v) is 8.54. The van der Waals surface area contributed by atoms with Crippen LogP contribution >= 0.6 is 11.3 Å². The van der Waals surface area contributed by atoms with Crippen molar-refractivity contribution in [2.45, 2.75) is 32.2 Å². The van der Waals surface area contributed by atoms with Gasteiger partial charge >= 0.3 is 0 Å². The highest BCUT2D eigenvalue weighted by Crippen LogP contribution is 2.26. The van der Waals surface area contributed by atoms with Gasteiger partial charge in [0.1, 0.15) is 12.2 Å². The van der Waals surface area contributed by atoms with Gasteiger partial charge in [0.25, 0.3) is 0 Å². The first-order valence-electron chi connectivity index (χ1n) is 7.66. The Morgan fingerprint density at radius 2 is 2.27 bits per heavy atom. The molecule has 0 saturated carbocycles. The first kappa shape index (κ1) is 15.0. The number of carbonyl (C=O) groups excluding carboxylic acids is 1. The van der Waals surface area contributed by atoms with Crippen LogP contribution in [0.3, 0.4) is 0 Å². The molecule has 0 bridgehead atoms. The fourth-order valence-corrected chi connectivity index (χ4v) is 3.44. The summed E-state index contributed by atoms with van der Waals surface area (Å²) in [7, 11) is 0. The highest BCUT2D eigenvalue weighted by molar-refractivity contribution is 7.10. The monoisotopic (exact) mass is 316 g/mol. The van der Waals surface area contributed by atoms with E-state index in [9.17, 15) is 4.79 Å². The van der Waals surface area contributed by atoms with Gasteiger partial charge in [-0.15, -0.1) is 21.5 Å². The zero-order valence-corrected chi connectivity index (χ0v) is 13.5. The van der Waals surface area contributed by atoms with Gasteiger partial charge in [0.2, 0.25) is 5.91 Å². The fraction of sp³-hybridized carbons (Fsp3) is 0.438. The molecule has 2 aromatic rings. The molecule has 1 fully saturated rings. The van der Waals surface area contributed by atoms with E-state index in [1.54, 1.807) is 23.7 Å². The van der Waals surface area contributed by atoms with Crippen LogP contribution in [0.15, 0.2) is 29.9 Å². The Hall–Kier alpha value is -1.95. The normalized spacial score (nSPS) is 16.5. The zero-order valence-electron chi connectivity index (χ0n) is 12.7.